The van der Waals surface area contributed by atoms with Crippen LogP contribution >= 0.6 is 0 Å². The van der Waals surface area contributed by atoms with Crippen LogP contribution in [0.25, 0.3) is 11.1 Å². The fourth-order valence-electron chi connectivity index (χ4n) is 12.7. The van der Waals surface area contributed by atoms with Crippen molar-refractivity contribution in [2.75, 3.05) is 14.7 Å². The highest BCUT2D eigenvalue weighted by Gasteiger charge is 2.58. The lowest BCUT2D eigenvalue weighted by Gasteiger charge is -2.51. The predicted molar refractivity (Wildman–Crippen MR) is 301 cm³/mol. The highest BCUT2D eigenvalue weighted by atomic mass is 15.3. The average molecular weight is 921 g/mol. The van der Waals surface area contributed by atoms with E-state index in [4.69, 9.17) is 0 Å². The summed E-state index contributed by atoms with van der Waals surface area (Å²) in [6.07, 6.45) is 8.58. The maximum Gasteiger partial charge on any atom is 0.252 e. The molecule has 2 atom stereocenters. The molecule has 6 aromatic carbocycles. The Hall–Kier alpha value is -6.07. The van der Waals surface area contributed by atoms with Gasteiger partial charge in [0.05, 0.1) is 5.54 Å². The van der Waals surface area contributed by atoms with Crippen molar-refractivity contribution in [2.45, 2.75) is 155 Å². The molecule has 0 saturated heterocycles. The Morgan fingerprint density at radius 2 is 1.06 bits per heavy atom. The fourth-order valence-corrected chi connectivity index (χ4v) is 12.7. The third-order valence-electron chi connectivity index (χ3n) is 17.1. The Morgan fingerprint density at radius 3 is 1.71 bits per heavy atom. The molecule has 11 rings (SSSR count). The zero-order valence-electron chi connectivity index (χ0n) is 44.5. The molecule has 0 amide bonds. The quantitative estimate of drug-likeness (QED) is 0.164. The van der Waals surface area contributed by atoms with E-state index in [0.717, 1.165) is 18.4 Å². The van der Waals surface area contributed by atoms with E-state index in [1.165, 1.54) is 108 Å². The smallest absolute Gasteiger partial charge is 0.252 e. The van der Waals surface area contributed by atoms with Crippen molar-refractivity contribution < 1.29 is 0 Å². The summed E-state index contributed by atoms with van der Waals surface area (Å²) in [5, 5.41) is 0. The van der Waals surface area contributed by atoms with E-state index in [1.54, 1.807) is 0 Å². The SMILES string of the molecule is CC(C)(C)c1ccc(N2c3ccc(C(C)(C)C)cc3B3c4ccc(C(C)(C)C)cc4N(c4cccc(C(C)(C)C)c4)c4cc(N5c6ccc(-c7cccnc7)cc6C6(C)CCCCC56C)cc2c43)cc1. The number of fused-ring (bicyclic) bond motifs is 7. The molecule has 5 heteroatoms. The molecule has 1 aliphatic carbocycles. The molecule has 70 heavy (non-hydrogen) atoms. The van der Waals surface area contributed by atoms with E-state index in [2.05, 4.69) is 244 Å². The van der Waals surface area contributed by atoms with Gasteiger partial charge in [-0.15, -0.1) is 0 Å². The van der Waals surface area contributed by atoms with Gasteiger partial charge >= 0.3 is 0 Å². The average Bonchev–Trinajstić information content (AvgIpc) is 3.52. The van der Waals surface area contributed by atoms with E-state index in [9.17, 15) is 0 Å². The highest BCUT2D eigenvalue weighted by molar-refractivity contribution is 7.00. The molecule has 4 aliphatic rings. The zero-order valence-corrected chi connectivity index (χ0v) is 44.5. The van der Waals surface area contributed by atoms with Gasteiger partial charge in [-0.05, 0) is 163 Å². The van der Waals surface area contributed by atoms with Crippen LogP contribution in [0.3, 0.4) is 0 Å². The number of hydrogen-bond acceptors (Lipinski definition) is 4. The van der Waals surface area contributed by atoms with Gasteiger partial charge < -0.3 is 14.7 Å². The molecule has 0 radical (unpaired) electrons. The van der Waals surface area contributed by atoms with Crippen molar-refractivity contribution in [3.63, 3.8) is 0 Å². The molecule has 0 spiro atoms. The molecule has 0 bridgehead atoms. The molecule has 1 saturated carbocycles. The minimum Gasteiger partial charge on any atom is -0.334 e. The van der Waals surface area contributed by atoms with Crippen LogP contribution in [-0.2, 0) is 27.1 Å². The number of anilines is 8. The topological polar surface area (TPSA) is 22.6 Å². The summed E-state index contributed by atoms with van der Waals surface area (Å²) in [5.74, 6) is 0. The molecule has 7 aromatic rings. The molecule has 2 unspecified atom stereocenters. The molecule has 1 fully saturated rings. The summed E-state index contributed by atoms with van der Waals surface area (Å²) >= 11 is 0. The number of aromatic nitrogens is 1. The van der Waals surface area contributed by atoms with E-state index >= 15 is 0 Å². The monoisotopic (exact) mass is 921 g/mol. The molecule has 356 valence electrons. The van der Waals surface area contributed by atoms with Gasteiger partial charge in [0.25, 0.3) is 6.71 Å². The fraction of sp³-hybridized carbons (Fsp3) is 0.369. The van der Waals surface area contributed by atoms with Gasteiger partial charge in [0.1, 0.15) is 0 Å². The predicted octanol–water partition coefficient (Wildman–Crippen LogP) is 15.8. The summed E-state index contributed by atoms with van der Waals surface area (Å²) in [6, 6.07) is 50.4. The number of rotatable bonds is 4. The van der Waals surface area contributed by atoms with Crippen LogP contribution < -0.4 is 31.1 Å². The van der Waals surface area contributed by atoms with Gasteiger partial charge in [-0.1, -0.05) is 164 Å². The van der Waals surface area contributed by atoms with Gasteiger partial charge in [0.2, 0.25) is 0 Å². The van der Waals surface area contributed by atoms with Gasteiger partial charge in [0, 0.05) is 63.3 Å². The first-order valence-corrected chi connectivity index (χ1v) is 26.1. The normalized spacial score (nSPS) is 19.6. The maximum atomic E-state index is 4.55. The van der Waals surface area contributed by atoms with Crippen molar-refractivity contribution in [1.29, 1.82) is 0 Å². The van der Waals surface area contributed by atoms with E-state index < -0.39 is 0 Å². The second kappa shape index (κ2) is 15.7. The van der Waals surface area contributed by atoms with Gasteiger partial charge in [-0.25, -0.2) is 0 Å². The first-order valence-electron chi connectivity index (χ1n) is 26.1. The third-order valence-corrected chi connectivity index (χ3v) is 17.1. The number of hydrogen-bond donors (Lipinski definition) is 0. The lowest BCUT2D eigenvalue weighted by Crippen LogP contribution is -2.62. The maximum absolute atomic E-state index is 4.55. The standard InChI is InChI=1S/C65H73BN4/c1-60(2,3)44-23-27-48(28-24-44)68-55-31-26-46(62(7,8)9)37-53(55)66-52-29-25-47(63(10,11)12)38-56(52)69(49-21-17-20-45(36-49)61(4,5)6)58-40-50(39-57(68)59(58)66)70-54-30-22-42(43-19-18-34-67-41-43)35-51(54)64(13)32-15-16-33-65(64,70)14/h17-31,34-41H,15-16,32-33H2,1-14H3. The summed E-state index contributed by atoms with van der Waals surface area (Å²) in [4.78, 5) is 12.6. The highest BCUT2D eigenvalue weighted by Crippen LogP contribution is 2.62. The minimum absolute atomic E-state index is 0.0101. The van der Waals surface area contributed by atoms with Crippen LogP contribution in [0.4, 0.5) is 45.5 Å². The zero-order chi connectivity index (χ0) is 49.5. The first kappa shape index (κ1) is 46.3. The molecule has 4 heterocycles. The van der Waals surface area contributed by atoms with Crippen LogP contribution in [0.2, 0.25) is 0 Å². The van der Waals surface area contributed by atoms with Crippen LogP contribution in [-0.4, -0.2) is 17.2 Å². The number of benzene rings is 6. The van der Waals surface area contributed by atoms with Crippen LogP contribution in [0.15, 0.2) is 140 Å². The summed E-state index contributed by atoms with van der Waals surface area (Å²) in [6.45, 7) is 33.2. The Labute approximate surface area is 420 Å². The molecule has 1 aromatic heterocycles. The van der Waals surface area contributed by atoms with Gasteiger partial charge in [-0.3, -0.25) is 4.98 Å². The third kappa shape index (κ3) is 7.18. The van der Waals surface area contributed by atoms with Gasteiger partial charge in [-0.2, -0.15) is 0 Å². The van der Waals surface area contributed by atoms with Crippen molar-refractivity contribution in [3.8, 4) is 11.1 Å². The molecule has 4 nitrogen and oxygen atoms in total. The molecular weight excluding hydrogens is 848 g/mol. The Bertz CT molecular complexity index is 3190. The van der Waals surface area contributed by atoms with Crippen molar-refractivity contribution in [1.82, 2.24) is 4.98 Å². The lowest BCUT2D eigenvalue weighted by atomic mass is 9.33. The van der Waals surface area contributed by atoms with Crippen LogP contribution in [0.1, 0.15) is 150 Å². The van der Waals surface area contributed by atoms with Crippen molar-refractivity contribution in [3.05, 3.63) is 168 Å². The van der Waals surface area contributed by atoms with Crippen molar-refractivity contribution in [2.24, 2.45) is 0 Å². The Kier molecular flexibility index (Phi) is 10.4. The Morgan fingerprint density at radius 1 is 0.457 bits per heavy atom. The first-order chi connectivity index (χ1) is 33.0. The second-order valence-corrected chi connectivity index (χ2v) is 25.8. The largest absolute Gasteiger partial charge is 0.334 e. The molecular formula is C65H73BN4. The number of pyridine rings is 1. The van der Waals surface area contributed by atoms with Crippen molar-refractivity contribution >= 4 is 68.6 Å². The molecule has 0 N–H and O–H groups in total. The van der Waals surface area contributed by atoms with Crippen LogP contribution in [0.5, 0.6) is 0 Å². The summed E-state index contributed by atoms with van der Waals surface area (Å²) in [7, 11) is 0. The van der Waals surface area contributed by atoms with Gasteiger partial charge in [0.15, 0.2) is 0 Å². The number of nitrogens with zero attached hydrogens (tertiary/aromatic N) is 4. The van der Waals surface area contributed by atoms with Crippen LogP contribution in [0, 0.1) is 0 Å². The lowest BCUT2D eigenvalue weighted by molar-refractivity contribution is 0.195. The van der Waals surface area contributed by atoms with E-state index in [1.807, 2.05) is 12.4 Å². The van der Waals surface area contributed by atoms with E-state index in [0.29, 0.717) is 0 Å². The minimum atomic E-state index is -0.169. The Balaban J connectivity index is 1.26. The second-order valence-electron chi connectivity index (χ2n) is 25.8. The van der Waals surface area contributed by atoms with E-state index in [-0.39, 0.29) is 39.3 Å². The summed E-state index contributed by atoms with van der Waals surface area (Å²) < 4.78 is 0. The molecule has 3 aliphatic heterocycles. The summed E-state index contributed by atoms with van der Waals surface area (Å²) in [5.41, 5.74) is 23.0.